The minimum absolute atomic E-state index is 0.0586. The molecule has 4 rings (SSSR count). The van der Waals surface area contributed by atoms with Gasteiger partial charge in [-0.05, 0) is 26.0 Å². The van der Waals surface area contributed by atoms with Gasteiger partial charge >= 0.3 is 13.7 Å². The van der Waals surface area contributed by atoms with Gasteiger partial charge in [-0.1, -0.05) is 18.2 Å². The van der Waals surface area contributed by atoms with E-state index in [1.807, 2.05) is 0 Å². The summed E-state index contributed by atoms with van der Waals surface area (Å²) in [7, 11) is 0.409. The van der Waals surface area contributed by atoms with Crippen molar-refractivity contribution in [1.82, 2.24) is 24.6 Å². The van der Waals surface area contributed by atoms with Gasteiger partial charge in [0.2, 0.25) is 5.95 Å². The molecular formula is C23H31FN7O7P. The monoisotopic (exact) mass is 567 g/mol. The van der Waals surface area contributed by atoms with Crippen LogP contribution < -0.4 is 20.2 Å². The number of alkyl halides is 1. The maximum absolute atomic E-state index is 16.0. The number of carbonyl (C=O) groups is 1. The van der Waals surface area contributed by atoms with E-state index in [0.717, 1.165) is 6.92 Å². The second-order valence-corrected chi connectivity index (χ2v) is 11.0. The molecule has 4 N–H and O–H groups in total. The molecule has 0 saturated carbocycles. The van der Waals surface area contributed by atoms with Crippen LogP contribution in [0.1, 0.15) is 20.1 Å². The summed E-state index contributed by atoms with van der Waals surface area (Å²) in [6.45, 7) is 2.00. The molecule has 39 heavy (non-hydrogen) atoms. The molecular weight excluding hydrogens is 536 g/mol. The first kappa shape index (κ1) is 28.6. The number of nitrogens with one attached hydrogen (secondary N) is 1. The van der Waals surface area contributed by atoms with Crippen LogP contribution in [0.3, 0.4) is 0 Å². The molecule has 0 spiro atoms. The molecule has 1 fully saturated rings. The van der Waals surface area contributed by atoms with Gasteiger partial charge in [-0.3, -0.25) is 13.9 Å². The van der Waals surface area contributed by atoms with Gasteiger partial charge in [0.25, 0.3) is 0 Å². The molecule has 1 aliphatic rings. The Hall–Kier alpha value is -3.36. The molecule has 3 aromatic rings. The van der Waals surface area contributed by atoms with Gasteiger partial charge in [-0.15, -0.1) is 0 Å². The zero-order chi connectivity index (χ0) is 28.5. The van der Waals surface area contributed by atoms with Crippen molar-refractivity contribution in [1.29, 1.82) is 0 Å². The number of ether oxygens (including phenoxy) is 2. The lowest BCUT2D eigenvalue weighted by molar-refractivity contribution is -0.142. The predicted octanol–water partition coefficient (Wildman–Crippen LogP) is 1.82. The van der Waals surface area contributed by atoms with Crippen LogP contribution in [0.5, 0.6) is 5.75 Å². The molecule has 0 aliphatic carbocycles. The van der Waals surface area contributed by atoms with E-state index in [9.17, 15) is 14.5 Å². The lowest BCUT2D eigenvalue weighted by Crippen LogP contribution is -2.41. The fraction of sp³-hybridized carbons (Fsp3) is 0.478. The van der Waals surface area contributed by atoms with E-state index in [1.54, 1.807) is 37.2 Å². The molecule has 2 aromatic heterocycles. The highest BCUT2D eigenvalue weighted by molar-refractivity contribution is 7.52. The summed E-state index contributed by atoms with van der Waals surface area (Å²) in [5, 5.41) is 13.3. The second kappa shape index (κ2) is 11.0. The van der Waals surface area contributed by atoms with Crippen LogP contribution in [0, 0.1) is 0 Å². The van der Waals surface area contributed by atoms with Crippen LogP contribution >= 0.6 is 7.75 Å². The Morgan fingerprint density at radius 2 is 2.05 bits per heavy atom. The SMILES string of the molecule is COC(=O)[C@@H](C)N[P@@](=O)(OC[C@H]1O[C@@H](n2cnc3c(N(C)C)nc(N)nc32)[C@](C)(F)[C@@H]1O)Oc1ccccc1. The molecule has 6 atom stereocenters. The van der Waals surface area contributed by atoms with Crippen molar-refractivity contribution in [2.75, 3.05) is 38.4 Å². The third-order valence-electron chi connectivity index (χ3n) is 6.10. The number of nitrogen functional groups attached to an aromatic ring is 1. The average Bonchev–Trinajstić information content (AvgIpc) is 3.39. The largest absolute Gasteiger partial charge is 0.468 e. The molecule has 212 valence electrons. The Balaban J connectivity index is 1.59. The Morgan fingerprint density at radius 3 is 2.69 bits per heavy atom. The van der Waals surface area contributed by atoms with E-state index in [0.29, 0.717) is 11.3 Å². The zero-order valence-electron chi connectivity index (χ0n) is 22.0. The van der Waals surface area contributed by atoms with Crippen molar-refractivity contribution >= 4 is 36.6 Å². The molecule has 1 aromatic carbocycles. The highest BCUT2D eigenvalue weighted by atomic mass is 31.2. The number of methoxy groups -OCH3 is 1. The van der Waals surface area contributed by atoms with Crippen LogP contribution in [0.15, 0.2) is 36.7 Å². The highest BCUT2D eigenvalue weighted by Gasteiger charge is 2.56. The van der Waals surface area contributed by atoms with Crippen molar-refractivity contribution < 1.29 is 37.4 Å². The molecule has 0 bridgehead atoms. The van der Waals surface area contributed by atoms with E-state index in [-0.39, 0.29) is 17.3 Å². The smallest absolute Gasteiger partial charge is 0.459 e. The molecule has 14 nitrogen and oxygen atoms in total. The average molecular weight is 568 g/mol. The minimum atomic E-state index is -4.25. The fourth-order valence-corrected chi connectivity index (χ4v) is 5.60. The summed E-state index contributed by atoms with van der Waals surface area (Å²) in [5.41, 5.74) is 4.06. The minimum Gasteiger partial charge on any atom is -0.468 e. The Labute approximate surface area is 223 Å². The predicted molar refractivity (Wildman–Crippen MR) is 139 cm³/mol. The standard InChI is InChI=1S/C23H31FN7O7P/c1-13(20(33)35-5)29-39(34,38-14-9-7-6-8-10-14)36-11-15-17(32)23(2,24)21(37-15)31-12-26-16-18(30(3)4)27-22(25)28-19(16)31/h6-10,12-13,15,17,21,32H,11H2,1-5H3,(H,29,34)(H2,25,27,28)/t13-,15-,17-,21-,23-,39-/m1/s1. The maximum Gasteiger partial charge on any atom is 0.459 e. The van der Waals surface area contributed by atoms with Crippen molar-refractivity contribution in [3.63, 3.8) is 0 Å². The third kappa shape index (κ3) is 5.82. The first-order chi connectivity index (χ1) is 18.4. The van der Waals surface area contributed by atoms with Crippen LogP contribution in [0.25, 0.3) is 11.2 Å². The summed E-state index contributed by atoms with van der Waals surface area (Å²) in [4.78, 5) is 26.3. The Bertz CT molecular complexity index is 1370. The summed E-state index contributed by atoms with van der Waals surface area (Å²) in [6.07, 6.45) is -3.09. The summed E-state index contributed by atoms with van der Waals surface area (Å²) in [6, 6.07) is 7.03. The summed E-state index contributed by atoms with van der Waals surface area (Å²) >= 11 is 0. The van der Waals surface area contributed by atoms with Crippen LogP contribution in [0.4, 0.5) is 16.2 Å². The zero-order valence-corrected chi connectivity index (χ0v) is 22.9. The number of aliphatic hydroxyl groups excluding tert-OH is 1. The van der Waals surface area contributed by atoms with Gasteiger partial charge in [0.15, 0.2) is 28.9 Å². The van der Waals surface area contributed by atoms with Gasteiger partial charge < -0.3 is 29.7 Å². The maximum atomic E-state index is 16.0. The molecule has 16 heteroatoms. The first-order valence-electron chi connectivity index (χ1n) is 11.9. The number of aromatic nitrogens is 4. The normalized spacial score (nSPS) is 25.3. The molecule has 0 unspecified atom stereocenters. The van der Waals surface area contributed by atoms with E-state index in [1.165, 1.54) is 37.1 Å². The number of rotatable bonds is 10. The number of aliphatic hydroxyl groups is 1. The number of esters is 1. The summed E-state index contributed by atoms with van der Waals surface area (Å²) < 4.78 is 52.5. The number of nitrogens with zero attached hydrogens (tertiary/aromatic N) is 5. The molecule has 0 radical (unpaired) electrons. The molecule has 1 saturated heterocycles. The molecule has 3 heterocycles. The van der Waals surface area contributed by atoms with Crippen molar-refractivity contribution in [2.45, 2.75) is 44.0 Å². The number of imidazole rings is 1. The fourth-order valence-electron chi connectivity index (χ4n) is 4.10. The van der Waals surface area contributed by atoms with E-state index < -0.39 is 50.5 Å². The van der Waals surface area contributed by atoms with Crippen molar-refractivity contribution in [3.05, 3.63) is 36.7 Å². The van der Waals surface area contributed by atoms with Gasteiger partial charge in [-0.25, -0.2) is 13.9 Å². The first-order valence-corrected chi connectivity index (χ1v) is 13.4. The van der Waals surface area contributed by atoms with Crippen molar-refractivity contribution in [3.8, 4) is 5.75 Å². The van der Waals surface area contributed by atoms with Gasteiger partial charge in [0, 0.05) is 14.1 Å². The van der Waals surface area contributed by atoms with Crippen LogP contribution in [-0.4, -0.2) is 82.3 Å². The number of carbonyl (C=O) groups excluding carboxylic acids is 1. The second-order valence-electron chi connectivity index (χ2n) is 9.32. The topological polar surface area (TPSA) is 176 Å². The highest BCUT2D eigenvalue weighted by Crippen LogP contribution is 2.48. The molecule has 0 amide bonds. The van der Waals surface area contributed by atoms with Gasteiger partial charge in [-0.2, -0.15) is 15.1 Å². The number of hydrogen-bond acceptors (Lipinski definition) is 12. The Kier molecular flexibility index (Phi) is 8.09. The van der Waals surface area contributed by atoms with E-state index in [2.05, 4.69) is 24.8 Å². The number of anilines is 2. The number of halogens is 1. The van der Waals surface area contributed by atoms with Crippen LogP contribution in [-0.2, 0) is 23.4 Å². The Morgan fingerprint density at radius 1 is 1.36 bits per heavy atom. The number of nitrogens with two attached hydrogens (primary N) is 1. The summed E-state index contributed by atoms with van der Waals surface area (Å²) in [5.74, 6) is -0.170. The van der Waals surface area contributed by atoms with Gasteiger partial charge in [0.05, 0.1) is 20.0 Å². The quantitative estimate of drug-likeness (QED) is 0.239. The number of benzene rings is 1. The van der Waals surface area contributed by atoms with Gasteiger partial charge in [0.1, 0.15) is 24.0 Å². The number of para-hydroxylation sites is 1. The molecule has 1 aliphatic heterocycles. The lowest BCUT2D eigenvalue weighted by atomic mass is 9.98. The number of hydrogen-bond donors (Lipinski definition) is 3. The number of fused-ring (bicyclic) bond motifs is 1. The van der Waals surface area contributed by atoms with Crippen molar-refractivity contribution in [2.24, 2.45) is 0 Å². The lowest BCUT2D eigenvalue weighted by Gasteiger charge is -2.25. The van der Waals surface area contributed by atoms with E-state index in [4.69, 9.17) is 19.5 Å². The third-order valence-corrected chi connectivity index (χ3v) is 7.74. The van der Waals surface area contributed by atoms with Crippen LogP contribution in [0.2, 0.25) is 0 Å². The van der Waals surface area contributed by atoms with E-state index >= 15 is 4.39 Å².